The predicted octanol–water partition coefficient (Wildman–Crippen LogP) is 2.26. The second-order valence-corrected chi connectivity index (χ2v) is 7.77. The van der Waals surface area contributed by atoms with Crippen LogP contribution in [0.3, 0.4) is 0 Å². The summed E-state index contributed by atoms with van der Waals surface area (Å²) in [6.45, 7) is 3.76. The first-order valence-electron chi connectivity index (χ1n) is 10.6. The van der Waals surface area contributed by atoms with Gasteiger partial charge in [-0.15, -0.1) is 0 Å². The molecule has 166 valence electrons. The maximum absolute atomic E-state index is 12.1. The van der Waals surface area contributed by atoms with Crippen molar-refractivity contribution in [2.24, 2.45) is 5.73 Å². The van der Waals surface area contributed by atoms with Crippen LogP contribution >= 0.6 is 0 Å². The van der Waals surface area contributed by atoms with Gasteiger partial charge < -0.3 is 26.8 Å². The number of carbonyl (C=O) groups is 2. The van der Waals surface area contributed by atoms with E-state index in [0.717, 1.165) is 31.2 Å². The molecule has 3 rings (SSSR count). The number of amides is 2. The third kappa shape index (κ3) is 5.11. The van der Waals surface area contributed by atoms with Gasteiger partial charge in [0.2, 0.25) is 0 Å². The molecule has 9 heteroatoms. The number of hydrogen-bond acceptors (Lipinski definition) is 7. The van der Waals surface area contributed by atoms with Crippen LogP contribution in [0.25, 0.3) is 0 Å². The van der Waals surface area contributed by atoms with Gasteiger partial charge in [-0.3, -0.25) is 9.59 Å². The number of aliphatic hydroxyl groups excluding tert-OH is 1. The molecule has 1 fully saturated rings. The first-order chi connectivity index (χ1) is 14.8. The summed E-state index contributed by atoms with van der Waals surface area (Å²) in [7, 11) is 1.57. The molecule has 2 aromatic rings. The summed E-state index contributed by atoms with van der Waals surface area (Å²) in [4.78, 5) is 33.4. The average molecular weight is 427 g/mol. The number of anilines is 3. The number of hydrogen-bond donors (Lipinski definition) is 5. The minimum absolute atomic E-state index is 0.0474. The van der Waals surface area contributed by atoms with Gasteiger partial charge in [-0.05, 0) is 56.7 Å². The molecule has 1 heterocycles. The molecule has 0 bridgehead atoms. The zero-order valence-corrected chi connectivity index (χ0v) is 18.2. The lowest BCUT2D eigenvalue weighted by Crippen LogP contribution is -2.29. The van der Waals surface area contributed by atoms with E-state index in [9.17, 15) is 14.7 Å². The minimum atomic E-state index is -0.683. The summed E-state index contributed by atoms with van der Waals surface area (Å²) in [5.41, 5.74) is 8.16. The van der Waals surface area contributed by atoms with E-state index in [1.165, 1.54) is 0 Å². The molecule has 1 aromatic heterocycles. The molecule has 0 radical (unpaired) electrons. The van der Waals surface area contributed by atoms with Crippen molar-refractivity contribution in [1.29, 1.82) is 0 Å². The van der Waals surface area contributed by atoms with Gasteiger partial charge >= 0.3 is 0 Å². The number of aryl methyl sites for hydroxylation is 1. The molecule has 2 amide bonds. The summed E-state index contributed by atoms with van der Waals surface area (Å²) in [5.74, 6) is -0.0561. The average Bonchev–Trinajstić information content (AvgIpc) is 2.76. The van der Waals surface area contributed by atoms with Crippen molar-refractivity contribution in [2.75, 3.05) is 17.7 Å². The molecular formula is C22H30N6O3. The van der Waals surface area contributed by atoms with E-state index in [0.29, 0.717) is 29.2 Å². The maximum atomic E-state index is 12.1. The highest BCUT2D eigenvalue weighted by Gasteiger charge is 2.23. The Morgan fingerprint density at radius 2 is 1.87 bits per heavy atom. The van der Waals surface area contributed by atoms with Crippen LogP contribution in [0.2, 0.25) is 0 Å². The summed E-state index contributed by atoms with van der Waals surface area (Å²) in [6.07, 6.45) is 3.47. The molecule has 0 atom stereocenters. The Morgan fingerprint density at radius 3 is 2.48 bits per heavy atom. The van der Waals surface area contributed by atoms with Gasteiger partial charge in [0.05, 0.1) is 11.8 Å². The first kappa shape index (κ1) is 22.5. The van der Waals surface area contributed by atoms with Gasteiger partial charge in [-0.1, -0.05) is 13.0 Å². The number of aliphatic hydroxyl groups is 1. The number of aromatic nitrogens is 2. The van der Waals surface area contributed by atoms with Crippen molar-refractivity contribution in [3.05, 3.63) is 40.7 Å². The van der Waals surface area contributed by atoms with E-state index in [1.54, 1.807) is 25.2 Å². The second-order valence-electron chi connectivity index (χ2n) is 7.77. The molecule has 0 saturated heterocycles. The highest BCUT2D eigenvalue weighted by Crippen LogP contribution is 2.28. The van der Waals surface area contributed by atoms with Gasteiger partial charge in [0, 0.05) is 24.3 Å². The lowest BCUT2D eigenvalue weighted by Gasteiger charge is -2.27. The van der Waals surface area contributed by atoms with Gasteiger partial charge in [0.1, 0.15) is 5.82 Å². The Bertz CT molecular complexity index is 970. The molecule has 1 aliphatic carbocycles. The number of nitrogens with zero attached hydrogens (tertiary/aromatic N) is 2. The zero-order valence-electron chi connectivity index (χ0n) is 18.2. The molecule has 9 nitrogen and oxygen atoms in total. The van der Waals surface area contributed by atoms with Crippen molar-refractivity contribution < 1.29 is 14.7 Å². The van der Waals surface area contributed by atoms with E-state index >= 15 is 0 Å². The Balaban J connectivity index is 1.97. The molecule has 0 aliphatic heterocycles. The summed E-state index contributed by atoms with van der Waals surface area (Å²) < 4.78 is 0. The van der Waals surface area contributed by atoms with Crippen LogP contribution in [0.1, 0.15) is 64.7 Å². The van der Waals surface area contributed by atoms with Gasteiger partial charge in [0.25, 0.3) is 11.8 Å². The fourth-order valence-corrected chi connectivity index (χ4v) is 3.78. The summed E-state index contributed by atoms with van der Waals surface area (Å²) in [6, 6.07) is 5.46. The monoisotopic (exact) mass is 426 g/mol. The van der Waals surface area contributed by atoms with E-state index in [1.807, 2.05) is 13.8 Å². The van der Waals surface area contributed by atoms with Crippen LogP contribution in [0, 0.1) is 6.92 Å². The molecule has 6 N–H and O–H groups in total. The SMILES string of the molecule is CCc1nc(C(N)=O)c(Nc2cccc(C(=O)NC)c2C)nc1N[C@H]1CC[C@H](O)CC1. The van der Waals surface area contributed by atoms with Crippen molar-refractivity contribution in [3.8, 4) is 0 Å². The smallest absolute Gasteiger partial charge is 0.271 e. The molecule has 1 aliphatic rings. The van der Waals surface area contributed by atoms with Gasteiger partial charge in [-0.2, -0.15) is 0 Å². The van der Waals surface area contributed by atoms with Crippen molar-refractivity contribution >= 4 is 29.1 Å². The molecule has 1 saturated carbocycles. The Kier molecular flexibility index (Phi) is 7.06. The van der Waals surface area contributed by atoms with Crippen LogP contribution < -0.4 is 21.7 Å². The lowest BCUT2D eigenvalue weighted by molar-refractivity contribution is 0.0960. The number of carbonyl (C=O) groups excluding carboxylic acids is 2. The van der Waals surface area contributed by atoms with Crippen LogP contribution in [-0.4, -0.2) is 46.1 Å². The topological polar surface area (TPSA) is 142 Å². The number of primary amides is 1. The Hall–Kier alpha value is -3.20. The van der Waals surface area contributed by atoms with E-state index in [-0.39, 0.29) is 29.6 Å². The lowest BCUT2D eigenvalue weighted by atomic mass is 9.93. The second kappa shape index (κ2) is 9.74. The normalized spacial score (nSPS) is 18.3. The van der Waals surface area contributed by atoms with E-state index in [4.69, 9.17) is 5.73 Å². The maximum Gasteiger partial charge on any atom is 0.271 e. The Labute approximate surface area is 181 Å². The number of nitrogens with one attached hydrogen (secondary N) is 3. The standard InChI is InChI=1S/C22H30N6O3/c1-4-16-20(25-13-8-10-14(29)11-9-13)28-21(18(26-16)19(23)30)27-17-7-5-6-15(12(17)2)22(31)24-3/h5-7,13-14,29H,4,8-11H2,1-3H3,(H2,23,30)(H,24,31)(H2,25,27,28)/t13-,14-. The number of benzene rings is 1. The number of rotatable bonds is 7. The van der Waals surface area contributed by atoms with Crippen molar-refractivity contribution in [2.45, 2.75) is 58.1 Å². The quantitative estimate of drug-likeness (QED) is 0.457. The Morgan fingerprint density at radius 1 is 1.16 bits per heavy atom. The molecular weight excluding hydrogens is 396 g/mol. The molecule has 1 aromatic carbocycles. The molecule has 31 heavy (non-hydrogen) atoms. The predicted molar refractivity (Wildman–Crippen MR) is 120 cm³/mol. The number of nitrogens with two attached hydrogens (primary N) is 1. The highest BCUT2D eigenvalue weighted by atomic mass is 16.3. The molecule has 0 spiro atoms. The third-order valence-electron chi connectivity index (χ3n) is 5.63. The highest BCUT2D eigenvalue weighted by molar-refractivity contribution is 5.99. The van der Waals surface area contributed by atoms with Crippen molar-refractivity contribution in [1.82, 2.24) is 15.3 Å². The van der Waals surface area contributed by atoms with E-state index < -0.39 is 5.91 Å². The van der Waals surface area contributed by atoms with E-state index in [2.05, 4.69) is 25.9 Å². The first-order valence-corrected chi connectivity index (χ1v) is 10.6. The fraction of sp³-hybridized carbons (Fsp3) is 0.455. The van der Waals surface area contributed by atoms with Crippen LogP contribution in [0.5, 0.6) is 0 Å². The molecule has 0 unspecified atom stereocenters. The fourth-order valence-electron chi connectivity index (χ4n) is 3.78. The van der Waals surface area contributed by atoms with Gasteiger partial charge in [-0.25, -0.2) is 9.97 Å². The summed E-state index contributed by atoms with van der Waals surface area (Å²) in [5, 5.41) is 18.9. The minimum Gasteiger partial charge on any atom is -0.393 e. The third-order valence-corrected chi connectivity index (χ3v) is 5.63. The largest absolute Gasteiger partial charge is 0.393 e. The van der Waals surface area contributed by atoms with Gasteiger partial charge in [0.15, 0.2) is 11.5 Å². The van der Waals surface area contributed by atoms with Crippen LogP contribution in [-0.2, 0) is 6.42 Å². The zero-order chi connectivity index (χ0) is 22.5. The summed E-state index contributed by atoms with van der Waals surface area (Å²) >= 11 is 0. The van der Waals surface area contributed by atoms with Crippen molar-refractivity contribution in [3.63, 3.8) is 0 Å². The van der Waals surface area contributed by atoms with Crippen LogP contribution in [0.4, 0.5) is 17.3 Å². The van der Waals surface area contributed by atoms with Crippen LogP contribution in [0.15, 0.2) is 18.2 Å².